The zero-order valence-electron chi connectivity index (χ0n) is 16.9. The molecule has 0 aliphatic carbocycles. The van der Waals surface area contributed by atoms with E-state index in [9.17, 15) is 9.18 Å². The lowest BCUT2D eigenvalue weighted by Gasteiger charge is -2.20. The van der Waals surface area contributed by atoms with Gasteiger partial charge in [0.2, 0.25) is 0 Å². The minimum absolute atomic E-state index is 0. The minimum atomic E-state index is -0.503. The summed E-state index contributed by atoms with van der Waals surface area (Å²) in [4.78, 5) is 21.6. The van der Waals surface area contributed by atoms with Crippen LogP contribution in [0.4, 0.5) is 20.7 Å². The van der Waals surface area contributed by atoms with Crippen LogP contribution in [-0.2, 0) is 11.3 Å². The maximum absolute atomic E-state index is 13.9. The van der Waals surface area contributed by atoms with E-state index in [1.165, 1.54) is 13.2 Å². The van der Waals surface area contributed by atoms with Crippen molar-refractivity contribution in [1.29, 1.82) is 0 Å². The average molecular weight is 528 g/mol. The Kier molecular flexibility index (Phi) is 9.09. The summed E-state index contributed by atoms with van der Waals surface area (Å²) in [5.74, 6) is 0.760. The lowest BCUT2D eigenvalue weighted by atomic mass is 10.2. The number of amides is 1. The van der Waals surface area contributed by atoms with Gasteiger partial charge in [-0.05, 0) is 36.2 Å². The van der Waals surface area contributed by atoms with Gasteiger partial charge in [0.1, 0.15) is 0 Å². The topological polar surface area (TPSA) is 90.9 Å². The van der Waals surface area contributed by atoms with Crippen LogP contribution in [0.25, 0.3) is 0 Å². The van der Waals surface area contributed by atoms with E-state index in [4.69, 9.17) is 0 Å². The van der Waals surface area contributed by atoms with E-state index in [1.54, 1.807) is 31.4 Å². The van der Waals surface area contributed by atoms with E-state index in [1.807, 2.05) is 17.0 Å². The number of carbonyl (C=O) groups is 1. The van der Waals surface area contributed by atoms with Gasteiger partial charge in [-0.2, -0.15) is 0 Å². The number of nitrogens with zero attached hydrogens (tertiary/aromatic N) is 3. The molecule has 1 aromatic carbocycles. The van der Waals surface area contributed by atoms with E-state index in [0.29, 0.717) is 30.6 Å². The van der Waals surface area contributed by atoms with Crippen molar-refractivity contribution in [3.63, 3.8) is 0 Å². The monoisotopic (exact) mass is 528 g/mol. The van der Waals surface area contributed by atoms with E-state index >= 15 is 0 Å². The molecule has 1 saturated heterocycles. The molecule has 1 amide bonds. The summed E-state index contributed by atoms with van der Waals surface area (Å²) in [7, 11) is 3.03. The molecule has 3 N–H and O–H groups in total. The molecule has 2 aromatic rings. The summed E-state index contributed by atoms with van der Waals surface area (Å²) in [6.07, 6.45) is 1.97. The van der Waals surface area contributed by atoms with Crippen LogP contribution in [0.3, 0.4) is 0 Å². The van der Waals surface area contributed by atoms with Crippen LogP contribution in [0.2, 0.25) is 0 Å². The first kappa shape index (κ1) is 23.6. The molecule has 8 nitrogen and oxygen atoms in total. The predicted molar refractivity (Wildman–Crippen MR) is 126 cm³/mol. The van der Waals surface area contributed by atoms with Gasteiger partial charge in [0.15, 0.2) is 17.6 Å². The first-order valence-electron chi connectivity index (χ1n) is 9.35. The molecule has 0 bridgehead atoms. The van der Waals surface area contributed by atoms with Gasteiger partial charge < -0.3 is 20.3 Å². The van der Waals surface area contributed by atoms with Crippen LogP contribution in [0, 0.1) is 5.82 Å². The standard InChI is InChI=1S/C20H25FN6O2.HI/c1-22-19(24-12-14-5-7-15(8-6-14)26-20(28)29-2)25-16-9-11-27(13-16)18-17(21)4-3-10-23-18;/h3-8,10,16H,9,11-13H2,1-2H3,(H,26,28)(H2,22,24,25);1H. The summed E-state index contributed by atoms with van der Waals surface area (Å²) in [6.45, 7) is 1.96. The molecule has 1 aliphatic heterocycles. The number of guanidine groups is 1. The summed E-state index contributed by atoms with van der Waals surface area (Å²) in [5, 5.41) is 9.25. The molecule has 0 saturated carbocycles. The summed E-state index contributed by atoms with van der Waals surface area (Å²) in [5.41, 5.74) is 1.70. The maximum atomic E-state index is 13.9. The first-order chi connectivity index (χ1) is 14.1. The fraction of sp³-hybridized carbons (Fsp3) is 0.350. The Balaban J connectivity index is 0.00000320. The van der Waals surface area contributed by atoms with Gasteiger partial charge >= 0.3 is 6.09 Å². The third-order valence-electron chi connectivity index (χ3n) is 4.64. The highest BCUT2D eigenvalue weighted by molar-refractivity contribution is 14.0. The highest BCUT2D eigenvalue weighted by atomic mass is 127. The normalized spacial score (nSPS) is 15.9. The molecule has 1 atom stereocenters. The molecule has 1 unspecified atom stereocenters. The Morgan fingerprint density at radius 2 is 2.10 bits per heavy atom. The van der Waals surface area contributed by atoms with Crippen LogP contribution in [0.15, 0.2) is 47.6 Å². The molecule has 1 aliphatic rings. The molecular weight excluding hydrogens is 502 g/mol. The van der Waals surface area contributed by atoms with Crippen molar-refractivity contribution < 1.29 is 13.9 Å². The number of ether oxygens (including phenoxy) is 1. The Morgan fingerprint density at radius 3 is 2.77 bits per heavy atom. The number of aromatic nitrogens is 1. The minimum Gasteiger partial charge on any atom is -0.453 e. The Morgan fingerprint density at radius 1 is 1.33 bits per heavy atom. The lowest BCUT2D eigenvalue weighted by molar-refractivity contribution is 0.187. The van der Waals surface area contributed by atoms with E-state index < -0.39 is 6.09 Å². The largest absolute Gasteiger partial charge is 0.453 e. The van der Waals surface area contributed by atoms with Gasteiger partial charge in [0.25, 0.3) is 0 Å². The van der Waals surface area contributed by atoms with Gasteiger partial charge in [-0.25, -0.2) is 14.2 Å². The Labute approximate surface area is 192 Å². The number of hydrogen-bond acceptors (Lipinski definition) is 5. The number of anilines is 2. The molecule has 10 heteroatoms. The second kappa shape index (κ2) is 11.5. The highest BCUT2D eigenvalue weighted by Crippen LogP contribution is 2.20. The summed E-state index contributed by atoms with van der Waals surface area (Å²) < 4.78 is 18.5. The number of pyridine rings is 1. The first-order valence-corrected chi connectivity index (χ1v) is 9.35. The van der Waals surface area contributed by atoms with Crippen molar-refractivity contribution in [2.45, 2.75) is 19.0 Å². The summed E-state index contributed by atoms with van der Waals surface area (Å²) >= 11 is 0. The van der Waals surface area contributed by atoms with Crippen molar-refractivity contribution in [3.8, 4) is 0 Å². The second-order valence-corrected chi connectivity index (χ2v) is 6.62. The average Bonchev–Trinajstić information content (AvgIpc) is 3.20. The molecular formula is C20H26FIN6O2. The number of carbonyl (C=O) groups excluding carboxylic acids is 1. The third kappa shape index (κ3) is 6.44. The van der Waals surface area contributed by atoms with Crippen molar-refractivity contribution in [2.75, 3.05) is 37.5 Å². The van der Waals surface area contributed by atoms with Crippen molar-refractivity contribution >= 4 is 47.5 Å². The number of rotatable bonds is 5. The number of methoxy groups -OCH3 is 1. The van der Waals surface area contributed by atoms with Crippen LogP contribution >= 0.6 is 24.0 Å². The second-order valence-electron chi connectivity index (χ2n) is 6.62. The van der Waals surface area contributed by atoms with Gasteiger partial charge in [0.05, 0.1) is 7.11 Å². The van der Waals surface area contributed by atoms with E-state index in [2.05, 4.69) is 30.7 Å². The fourth-order valence-electron chi connectivity index (χ4n) is 3.13. The van der Waals surface area contributed by atoms with Crippen LogP contribution in [0.5, 0.6) is 0 Å². The van der Waals surface area contributed by atoms with Gasteiger partial charge in [-0.15, -0.1) is 24.0 Å². The molecule has 30 heavy (non-hydrogen) atoms. The molecule has 3 rings (SSSR count). The Hall–Kier alpha value is -2.63. The fourth-order valence-corrected chi connectivity index (χ4v) is 3.13. The zero-order chi connectivity index (χ0) is 20.6. The van der Waals surface area contributed by atoms with Crippen molar-refractivity contribution in [1.82, 2.24) is 15.6 Å². The van der Waals surface area contributed by atoms with Crippen molar-refractivity contribution in [3.05, 3.63) is 54.0 Å². The number of benzene rings is 1. The maximum Gasteiger partial charge on any atom is 0.411 e. The van der Waals surface area contributed by atoms with E-state index in [0.717, 1.165) is 18.5 Å². The summed E-state index contributed by atoms with van der Waals surface area (Å²) in [6, 6.07) is 10.6. The lowest BCUT2D eigenvalue weighted by Crippen LogP contribution is -2.44. The highest BCUT2D eigenvalue weighted by Gasteiger charge is 2.25. The molecule has 162 valence electrons. The molecule has 1 aromatic heterocycles. The van der Waals surface area contributed by atoms with E-state index in [-0.39, 0.29) is 35.8 Å². The smallest absolute Gasteiger partial charge is 0.411 e. The zero-order valence-corrected chi connectivity index (χ0v) is 19.2. The number of hydrogen-bond donors (Lipinski definition) is 3. The number of halogens is 2. The number of aliphatic imine (C=N–C) groups is 1. The predicted octanol–water partition coefficient (Wildman–Crippen LogP) is 2.96. The van der Waals surface area contributed by atoms with Gasteiger partial charge in [-0.3, -0.25) is 10.3 Å². The third-order valence-corrected chi connectivity index (χ3v) is 4.64. The SMILES string of the molecule is CN=C(NCc1ccc(NC(=O)OC)cc1)NC1CCN(c2ncccc2F)C1.I. The molecule has 1 fully saturated rings. The van der Waals surface area contributed by atoms with Gasteiger partial charge in [-0.1, -0.05) is 12.1 Å². The number of nitrogens with one attached hydrogen (secondary N) is 3. The van der Waals surface area contributed by atoms with Crippen molar-refractivity contribution in [2.24, 2.45) is 4.99 Å². The Bertz CT molecular complexity index is 865. The van der Waals surface area contributed by atoms with Crippen LogP contribution in [0.1, 0.15) is 12.0 Å². The van der Waals surface area contributed by atoms with Crippen LogP contribution in [-0.4, -0.2) is 50.3 Å². The quantitative estimate of drug-likeness (QED) is 0.314. The van der Waals surface area contributed by atoms with Crippen LogP contribution < -0.4 is 20.9 Å². The molecule has 0 radical (unpaired) electrons. The van der Waals surface area contributed by atoms with Gasteiger partial charge in [0, 0.05) is 44.6 Å². The molecule has 0 spiro atoms. The molecule has 2 heterocycles.